The second kappa shape index (κ2) is 5.96. The van der Waals surface area contributed by atoms with E-state index in [2.05, 4.69) is 4.98 Å². The Kier molecular flexibility index (Phi) is 4.45. The predicted molar refractivity (Wildman–Crippen MR) is 70.2 cm³/mol. The maximum absolute atomic E-state index is 11.5. The van der Waals surface area contributed by atoms with Crippen molar-refractivity contribution in [2.75, 3.05) is 12.3 Å². The second-order valence-corrected chi connectivity index (χ2v) is 5.94. The minimum atomic E-state index is -4.49. The Morgan fingerprint density at radius 2 is 2.19 bits per heavy atom. The first-order valence-electron chi connectivity index (χ1n) is 5.83. The number of anilines is 1. The molecule has 0 radical (unpaired) electrons. The van der Waals surface area contributed by atoms with Crippen LogP contribution in [0.5, 0.6) is 0 Å². The summed E-state index contributed by atoms with van der Waals surface area (Å²) in [4.78, 5) is 38.3. The lowest BCUT2D eigenvalue weighted by molar-refractivity contribution is -0.0928. The molecule has 1 aliphatic heterocycles. The predicted octanol–water partition coefficient (Wildman–Crippen LogP) is -1.93. The third-order valence-electron chi connectivity index (χ3n) is 2.69. The lowest BCUT2D eigenvalue weighted by Gasteiger charge is -2.31. The molecule has 11 heteroatoms. The van der Waals surface area contributed by atoms with E-state index in [-0.39, 0.29) is 5.82 Å². The summed E-state index contributed by atoms with van der Waals surface area (Å²) in [5.41, 5.74) is 4.57. The Morgan fingerprint density at radius 3 is 2.76 bits per heavy atom. The quantitative estimate of drug-likeness (QED) is 0.366. The smallest absolute Gasteiger partial charge is 0.382 e. The van der Waals surface area contributed by atoms with Gasteiger partial charge in [-0.3, -0.25) is 4.57 Å². The maximum atomic E-state index is 11.5. The lowest BCUT2D eigenvalue weighted by atomic mass is 10.1. The minimum absolute atomic E-state index is 0.0237. The summed E-state index contributed by atoms with van der Waals surface area (Å²) in [5.74, 6) is -1.44. The molecule has 1 aromatic rings. The van der Waals surface area contributed by atoms with Crippen molar-refractivity contribution in [1.82, 2.24) is 9.71 Å². The average molecular weight is 319 g/mol. The molecule has 1 aromatic heterocycles. The number of nitrogens with zero attached hydrogens (tertiary/aromatic N) is 2. The normalized spacial score (nSPS) is 25.8. The number of nitrogens with two attached hydrogens (primary N) is 1. The highest BCUT2D eigenvalue weighted by Crippen LogP contribution is 2.44. The molecule has 5 N–H and O–H groups in total. The van der Waals surface area contributed by atoms with Crippen LogP contribution < -0.4 is 16.3 Å². The Balaban J connectivity index is 2.20. The number of nitrogen functional groups attached to an aromatic ring is 1. The van der Waals surface area contributed by atoms with E-state index in [1.54, 1.807) is 0 Å². The van der Waals surface area contributed by atoms with Gasteiger partial charge in [-0.1, -0.05) is 0 Å². The van der Waals surface area contributed by atoms with E-state index in [4.69, 9.17) is 25.1 Å². The fraction of sp³-hybridized carbons (Fsp3) is 0.400. The highest BCUT2D eigenvalue weighted by molar-refractivity contribution is 7.52. The van der Waals surface area contributed by atoms with E-state index < -0.39 is 37.9 Å². The number of ether oxygens (including phenoxy) is 1. The summed E-state index contributed by atoms with van der Waals surface area (Å²) >= 11 is 0. The molecule has 2 rings (SSSR count). The fourth-order valence-electron chi connectivity index (χ4n) is 1.69. The van der Waals surface area contributed by atoms with Crippen molar-refractivity contribution in [3.8, 4) is 0 Å². The number of aliphatic hydroxyl groups is 1. The Hall–Kier alpha value is -1.71. The van der Waals surface area contributed by atoms with Crippen LogP contribution in [-0.2, 0) is 9.30 Å². The largest absolute Gasteiger partial charge is 0.399 e. The molecule has 2 heterocycles. The Bertz CT molecular complexity index is 640. The van der Waals surface area contributed by atoms with E-state index in [0.29, 0.717) is 0 Å². The van der Waals surface area contributed by atoms with Gasteiger partial charge in [-0.15, -0.1) is 4.73 Å². The van der Waals surface area contributed by atoms with Gasteiger partial charge in [0.15, 0.2) is 11.9 Å². The first-order valence-corrected chi connectivity index (χ1v) is 7.51. The zero-order valence-corrected chi connectivity index (χ0v) is 11.5. The van der Waals surface area contributed by atoms with Crippen LogP contribution in [0.15, 0.2) is 29.2 Å². The highest BCUT2D eigenvalue weighted by atomic mass is 31.2. The van der Waals surface area contributed by atoms with Crippen molar-refractivity contribution in [2.24, 2.45) is 0 Å². The summed E-state index contributed by atoms with van der Waals surface area (Å²) in [5, 5.41) is 9.22. The van der Waals surface area contributed by atoms with Crippen LogP contribution in [0.2, 0.25) is 0 Å². The molecule has 0 aromatic carbocycles. The van der Waals surface area contributed by atoms with Gasteiger partial charge in [0.1, 0.15) is 11.9 Å². The van der Waals surface area contributed by atoms with Gasteiger partial charge in [0, 0.05) is 6.07 Å². The van der Waals surface area contributed by atoms with Gasteiger partial charge in [-0.05, 0) is 12.2 Å². The molecule has 3 atom stereocenters. The topological polar surface area (TPSA) is 157 Å². The molecule has 0 bridgehead atoms. The molecule has 0 amide bonds. The van der Waals surface area contributed by atoms with E-state index in [9.17, 15) is 14.5 Å². The summed E-state index contributed by atoms with van der Waals surface area (Å²) in [6, 6.07) is 1.33. The molecule has 1 aliphatic rings. The molecule has 0 saturated heterocycles. The lowest BCUT2D eigenvalue weighted by Crippen LogP contribution is -2.46. The van der Waals surface area contributed by atoms with Crippen molar-refractivity contribution < 1.29 is 29.0 Å². The third kappa shape index (κ3) is 3.69. The minimum Gasteiger partial charge on any atom is -0.399 e. The van der Waals surface area contributed by atoms with E-state index in [1.807, 2.05) is 0 Å². The average Bonchev–Trinajstić information content (AvgIpc) is 2.41. The molecule has 0 unspecified atom stereocenters. The van der Waals surface area contributed by atoms with Gasteiger partial charge in [0.2, 0.25) is 0 Å². The monoisotopic (exact) mass is 319 g/mol. The third-order valence-corrected chi connectivity index (χ3v) is 3.64. The molecule has 21 heavy (non-hydrogen) atoms. The van der Waals surface area contributed by atoms with Crippen molar-refractivity contribution >= 4 is 13.4 Å². The van der Waals surface area contributed by atoms with Crippen molar-refractivity contribution in [1.29, 1.82) is 0 Å². The van der Waals surface area contributed by atoms with Crippen LogP contribution in [0.4, 0.5) is 5.82 Å². The van der Waals surface area contributed by atoms with Crippen LogP contribution in [0.25, 0.3) is 0 Å². The molecule has 116 valence electrons. The summed E-state index contributed by atoms with van der Waals surface area (Å²) in [6.07, 6.45) is 1.70. The van der Waals surface area contributed by atoms with E-state index in [0.717, 1.165) is 10.8 Å². The van der Waals surface area contributed by atoms with Crippen LogP contribution in [0.3, 0.4) is 0 Å². The number of hydrogen-bond acceptors (Lipinski definition) is 7. The molecule has 0 fully saturated rings. The van der Waals surface area contributed by atoms with Gasteiger partial charge in [0.25, 0.3) is 0 Å². The molecule has 0 saturated carbocycles. The molecule has 0 spiro atoms. The van der Waals surface area contributed by atoms with Gasteiger partial charge < -0.3 is 30.2 Å². The number of hydrogen-bond donors (Lipinski definition) is 4. The fourth-order valence-corrected chi connectivity index (χ4v) is 2.33. The SMILES string of the molecule is Nc1ccn(O[C@@H]2C=C[C@H](P(=O)(O)O)O[C@@H]2CO)c(=O)n1. The standard InChI is InChI=1S/C10H14N3O7P/c11-8-3-4-13(10(15)12-8)20-6-1-2-9(21(16,17)18)19-7(6)5-14/h1-4,6-7,9,14H,5H2,(H2,11,12,15)(H2,16,17,18)/t6-,7-,9+/m1/s1. The Labute approximate surface area is 118 Å². The molecule has 10 nitrogen and oxygen atoms in total. The van der Waals surface area contributed by atoms with Crippen LogP contribution in [0, 0.1) is 0 Å². The van der Waals surface area contributed by atoms with E-state index in [1.165, 1.54) is 18.3 Å². The molecule has 0 aliphatic carbocycles. The van der Waals surface area contributed by atoms with Crippen molar-refractivity contribution in [3.05, 3.63) is 34.9 Å². The van der Waals surface area contributed by atoms with E-state index >= 15 is 0 Å². The molecular weight excluding hydrogens is 305 g/mol. The summed E-state index contributed by atoms with van der Waals surface area (Å²) in [7, 11) is -4.49. The maximum Gasteiger partial charge on any atom is 0.382 e. The van der Waals surface area contributed by atoms with Crippen molar-refractivity contribution in [3.63, 3.8) is 0 Å². The second-order valence-electron chi connectivity index (χ2n) is 4.25. The zero-order valence-electron chi connectivity index (χ0n) is 10.6. The van der Waals surface area contributed by atoms with Gasteiger partial charge in [0.05, 0.1) is 12.8 Å². The molecular formula is C10H14N3O7P. The van der Waals surface area contributed by atoms with Gasteiger partial charge in [-0.2, -0.15) is 4.98 Å². The van der Waals surface area contributed by atoms with Crippen LogP contribution in [0.1, 0.15) is 0 Å². The Morgan fingerprint density at radius 1 is 1.48 bits per heavy atom. The summed E-state index contributed by atoms with van der Waals surface area (Å²) < 4.78 is 17.0. The number of rotatable bonds is 4. The highest BCUT2D eigenvalue weighted by Gasteiger charge is 2.37. The van der Waals surface area contributed by atoms with Crippen LogP contribution >= 0.6 is 7.60 Å². The number of aliphatic hydroxyl groups excluding tert-OH is 1. The first kappa shape index (κ1) is 15.7. The number of aromatic nitrogens is 2. The first-order chi connectivity index (χ1) is 9.81. The van der Waals surface area contributed by atoms with Gasteiger partial charge >= 0.3 is 13.3 Å². The van der Waals surface area contributed by atoms with Crippen LogP contribution in [-0.4, -0.2) is 49.3 Å². The van der Waals surface area contributed by atoms with Crippen molar-refractivity contribution in [2.45, 2.75) is 18.1 Å². The summed E-state index contributed by atoms with van der Waals surface area (Å²) in [6.45, 7) is -0.553. The zero-order chi connectivity index (χ0) is 15.6. The van der Waals surface area contributed by atoms with Gasteiger partial charge in [-0.25, -0.2) is 4.79 Å².